The molecular formula is C28H27N3O3. The van der Waals surface area contributed by atoms with Gasteiger partial charge in [0.05, 0.1) is 29.6 Å². The highest BCUT2D eigenvalue weighted by atomic mass is 16.5. The Morgan fingerprint density at radius 1 is 0.971 bits per heavy atom. The number of nitrogens with zero attached hydrogens (tertiary/aromatic N) is 1. The highest BCUT2D eigenvalue weighted by molar-refractivity contribution is 6.37. The SMILES string of the molecule is COC(=O)c1ccc2c(c1)NC(=O)/C2=C(\Nc1ccc(CN2CCCC2)cc1)c1ccccc1. The topological polar surface area (TPSA) is 70.7 Å². The zero-order chi connectivity index (χ0) is 23.5. The normalized spacial score (nSPS) is 16.7. The van der Waals surface area contributed by atoms with Gasteiger partial charge in [-0.1, -0.05) is 48.5 Å². The summed E-state index contributed by atoms with van der Waals surface area (Å²) in [4.78, 5) is 27.5. The maximum Gasteiger partial charge on any atom is 0.337 e. The molecule has 0 spiro atoms. The lowest BCUT2D eigenvalue weighted by Crippen LogP contribution is -2.18. The number of carbonyl (C=O) groups is 2. The number of rotatable bonds is 6. The van der Waals surface area contributed by atoms with Crippen LogP contribution < -0.4 is 10.6 Å². The van der Waals surface area contributed by atoms with Gasteiger partial charge in [-0.3, -0.25) is 9.69 Å². The lowest BCUT2D eigenvalue weighted by Gasteiger charge is -2.17. The summed E-state index contributed by atoms with van der Waals surface area (Å²) in [6.45, 7) is 3.29. The first-order valence-corrected chi connectivity index (χ1v) is 11.5. The molecule has 0 atom stereocenters. The molecule has 2 heterocycles. The van der Waals surface area contributed by atoms with Gasteiger partial charge in [-0.2, -0.15) is 0 Å². The van der Waals surface area contributed by atoms with Crippen LogP contribution in [0.4, 0.5) is 11.4 Å². The zero-order valence-electron chi connectivity index (χ0n) is 19.1. The molecule has 0 saturated carbocycles. The minimum absolute atomic E-state index is 0.214. The van der Waals surface area contributed by atoms with E-state index in [1.54, 1.807) is 18.2 Å². The highest BCUT2D eigenvalue weighted by Gasteiger charge is 2.29. The van der Waals surface area contributed by atoms with E-state index < -0.39 is 5.97 Å². The van der Waals surface area contributed by atoms with Gasteiger partial charge in [-0.15, -0.1) is 0 Å². The van der Waals surface area contributed by atoms with Crippen molar-refractivity contribution in [3.05, 3.63) is 95.1 Å². The fraction of sp³-hybridized carbons (Fsp3) is 0.214. The Hall–Kier alpha value is -3.90. The van der Waals surface area contributed by atoms with E-state index in [0.717, 1.165) is 42.1 Å². The van der Waals surface area contributed by atoms with E-state index >= 15 is 0 Å². The molecule has 1 fully saturated rings. The number of hydrogen-bond acceptors (Lipinski definition) is 5. The van der Waals surface area contributed by atoms with Crippen LogP contribution in [0.2, 0.25) is 0 Å². The molecule has 2 aliphatic heterocycles. The Balaban J connectivity index is 1.50. The van der Waals surface area contributed by atoms with Crippen LogP contribution in [0, 0.1) is 0 Å². The van der Waals surface area contributed by atoms with Gasteiger partial charge in [0, 0.05) is 17.8 Å². The number of amides is 1. The minimum Gasteiger partial charge on any atom is -0.465 e. The van der Waals surface area contributed by atoms with Crippen LogP contribution in [-0.4, -0.2) is 37.0 Å². The van der Waals surface area contributed by atoms with Crippen LogP contribution in [0.5, 0.6) is 0 Å². The van der Waals surface area contributed by atoms with E-state index in [4.69, 9.17) is 4.74 Å². The number of likely N-dealkylation sites (tertiary alicyclic amines) is 1. The molecule has 34 heavy (non-hydrogen) atoms. The lowest BCUT2D eigenvalue weighted by atomic mass is 9.99. The molecule has 0 aromatic heterocycles. The maximum absolute atomic E-state index is 13.1. The van der Waals surface area contributed by atoms with Crippen LogP contribution in [0.3, 0.4) is 0 Å². The fourth-order valence-corrected chi connectivity index (χ4v) is 4.59. The summed E-state index contributed by atoms with van der Waals surface area (Å²) >= 11 is 0. The molecule has 0 radical (unpaired) electrons. The first-order chi connectivity index (χ1) is 16.6. The molecule has 0 bridgehead atoms. The molecule has 1 amide bonds. The molecule has 5 rings (SSSR count). The molecule has 172 valence electrons. The van der Waals surface area contributed by atoms with Crippen molar-refractivity contribution in [2.24, 2.45) is 0 Å². The van der Waals surface area contributed by atoms with E-state index in [-0.39, 0.29) is 5.91 Å². The minimum atomic E-state index is -0.440. The average molecular weight is 454 g/mol. The number of carbonyl (C=O) groups excluding carboxylic acids is 2. The first kappa shape index (κ1) is 21.9. The number of anilines is 2. The second kappa shape index (κ2) is 9.53. The third-order valence-electron chi connectivity index (χ3n) is 6.33. The van der Waals surface area contributed by atoms with Crippen molar-refractivity contribution in [2.75, 3.05) is 30.8 Å². The first-order valence-electron chi connectivity index (χ1n) is 11.5. The largest absolute Gasteiger partial charge is 0.465 e. The predicted octanol–water partition coefficient (Wildman–Crippen LogP) is 5.00. The number of nitrogens with one attached hydrogen (secondary N) is 2. The van der Waals surface area contributed by atoms with Gasteiger partial charge >= 0.3 is 5.97 Å². The zero-order valence-corrected chi connectivity index (χ0v) is 19.1. The van der Waals surface area contributed by atoms with E-state index in [2.05, 4.69) is 39.8 Å². The standard InChI is InChI=1S/C28H27N3O3/c1-34-28(33)21-11-14-23-24(17-21)30-27(32)25(23)26(20-7-3-2-4-8-20)29-22-12-9-19(10-13-22)18-31-15-5-6-16-31/h2-4,7-14,17,29H,5-6,15-16,18H2,1H3,(H,30,32)/b26-25-. The Labute approximate surface area is 199 Å². The third-order valence-corrected chi connectivity index (χ3v) is 6.33. The number of ether oxygens (including phenoxy) is 1. The summed E-state index contributed by atoms with van der Waals surface area (Å²) < 4.78 is 4.82. The van der Waals surface area contributed by atoms with E-state index in [1.165, 1.54) is 25.5 Å². The van der Waals surface area contributed by atoms with Crippen LogP contribution in [0.1, 0.15) is 39.9 Å². The molecule has 0 aliphatic carbocycles. The van der Waals surface area contributed by atoms with E-state index in [9.17, 15) is 9.59 Å². The van der Waals surface area contributed by atoms with Crippen molar-refractivity contribution in [3.63, 3.8) is 0 Å². The molecule has 3 aromatic carbocycles. The quantitative estimate of drug-likeness (QED) is 0.406. The molecule has 6 nitrogen and oxygen atoms in total. The Morgan fingerprint density at radius 3 is 2.41 bits per heavy atom. The van der Waals surface area contributed by atoms with Gasteiger partial charge in [-0.05, 0) is 61.3 Å². The van der Waals surface area contributed by atoms with Gasteiger partial charge in [-0.25, -0.2) is 4.79 Å². The highest BCUT2D eigenvalue weighted by Crippen LogP contribution is 2.38. The number of fused-ring (bicyclic) bond motifs is 1. The van der Waals surface area contributed by atoms with Crippen molar-refractivity contribution < 1.29 is 14.3 Å². The summed E-state index contributed by atoms with van der Waals surface area (Å²) in [5, 5.41) is 6.39. The molecule has 0 unspecified atom stereocenters. The van der Waals surface area contributed by atoms with Gasteiger partial charge in [0.25, 0.3) is 5.91 Å². The molecule has 3 aromatic rings. The molecular weight excluding hydrogens is 426 g/mol. The Kier molecular flexibility index (Phi) is 6.14. The van der Waals surface area contributed by atoms with Crippen LogP contribution in [-0.2, 0) is 16.1 Å². The summed E-state index contributed by atoms with van der Waals surface area (Å²) in [7, 11) is 1.34. The monoisotopic (exact) mass is 453 g/mol. The summed E-state index contributed by atoms with van der Waals surface area (Å²) in [5.74, 6) is -0.654. The van der Waals surface area contributed by atoms with E-state index in [1.807, 2.05) is 30.3 Å². The summed E-state index contributed by atoms with van der Waals surface area (Å²) in [6.07, 6.45) is 2.55. The van der Waals surface area contributed by atoms with Crippen LogP contribution >= 0.6 is 0 Å². The smallest absolute Gasteiger partial charge is 0.337 e. The van der Waals surface area contributed by atoms with Gasteiger partial charge in [0.2, 0.25) is 0 Å². The second-order valence-electron chi connectivity index (χ2n) is 8.63. The van der Waals surface area contributed by atoms with Crippen molar-refractivity contribution in [1.29, 1.82) is 0 Å². The van der Waals surface area contributed by atoms with Crippen molar-refractivity contribution >= 4 is 34.5 Å². The number of esters is 1. The van der Waals surface area contributed by atoms with Crippen LogP contribution in [0.25, 0.3) is 11.3 Å². The van der Waals surface area contributed by atoms with Crippen LogP contribution in [0.15, 0.2) is 72.8 Å². The number of benzene rings is 3. The van der Waals surface area contributed by atoms with Crippen molar-refractivity contribution in [2.45, 2.75) is 19.4 Å². The Bertz CT molecular complexity index is 1240. The van der Waals surface area contributed by atoms with Crippen molar-refractivity contribution in [1.82, 2.24) is 4.90 Å². The van der Waals surface area contributed by atoms with Crippen molar-refractivity contribution in [3.8, 4) is 0 Å². The van der Waals surface area contributed by atoms with E-state index in [0.29, 0.717) is 16.8 Å². The predicted molar refractivity (Wildman–Crippen MR) is 134 cm³/mol. The second-order valence-corrected chi connectivity index (χ2v) is 8.63. The van der Waals surface area contributed by atoms with Gasteiger partial charge in [0.1, 0.15) is 0 Å². The molecule has 6 heteroatoms. The molecule has 2 N–H and O–H groups in total. The number of hydrogen-bond donors (Lipinski definition) is 2. The van der Waals surface area contributed by atoms with Gasteiger partial charge < -0.3 is 15.4 Å². The number of methoxy groups -OCH3 is 1. The average Bonchev–Trinajstić information content (AvgIpc) is 3.50. The maximum atomic E-state index is 13.1. The molecule has 2 aliphatic rings. The Morgan fingerprint density at radius 2 is 1.71 bits per heavy atom. The van der Waals surface area contributed by atoms with Gasteiger partial charge in [0.15, 0.2) is 0 Å². The lowest BCUT2D eigenvalue weighted by molar-refractivity contribution is -0.110. The fourth-order valence-electron chi connectivity index (χ4n) is 4.59. The third kappa shape index (κ3) is 4.45. The molecule has 1 saturated heterocycles. The summed E-state index contributed by atoms with van der Waals surface area (Å²) in [5.41, 5.74) is 6.08. The summed E-state index contributed by atoms with van der Waals surface area (Å²) in [6, 6.07) is 23.3.